The fraction of sp³-hybridized carbons (Fsp3) is 0.211. The monoisotopic (exact) mass is 400 g/mol. The van der Waals surface area contributed by atoms with Crippen LogP contribution in [-0.4, -0.2) is 5.78 Å². The molecule has 0 aliphatic heterocycles. The van der Waals surface area contributed by atoms with Gasteiger partial charge in [0.05, 0.1) is 5.33 Å². The van der Waals surface area contributed by atoms with E-state index in [1.807, 2.05) is 12.1 Å². The number of alkyl halides is 1. The third-order valence-electron chi connectivity index (χ3n) is 4.22. The number of halogens is 1. The van der Waals surface area contributed by atoms with Crippen molar-refractivity contribution in [2.75, 3.05) is 0 Å². The van der Waals surface area contributed by atoms with Gasteiger partial charge in [0.1, 0.15) is 0 Å². The second-order valence-electron chi connectivity index (χ2n) is 6.11. The zero-order valence-electron chi connectivity index (χ0n) is 13.9. The summed E-state index contributed by atoms with van der Waals surface area (Å²) in [6.45, 7) is 4.13. The smallest absolute Gasteiger partial charge is 0.335 e. The number of hydrogen-bond acceptors (Lipinski definition) is 3. The second-order valence-corrected chi connectivity index (χ2v) is 6.67. The molecule has 1 heterocycles. The van der Waals surface area contributed by atoms with Gasteiger partial charge in [0.15, 0.2) is 0 Å². The first-order chi connectivity index (χ1) is 12.0. The first kappa shape index (κ1) is 17.4. The zero-order chi connectivity index (χ0) is 18.1. The molecule has 0 fully saturated rings. The number of rotatable bonds is 4. The predicted octanol–water partition coefficient (Wildman–Crippen LogP) is 3.36. The predicted molar refractivity (Wildman–Crippen MR) is 98.5 cm³/mol. The third kappa shape index (κ3) is 2.98. The summed E-state index contributed by atoms with van der Waals surface area (Å²) in [5.41, 5.74) is 1.84. The minimum absolute atomic E-state index is 0.103. The molecule has 3 aromatic rings. The number of carbonyl (C=O) groups excluding carboxylic acids is 1. The van der Waals surface area contributed by atoms with Crippen LogP contribution in [0.3, 0.4) is 0 Å². The van der Waals surface area contributed by atoms with Gasteiger partial charge < -0.3 is 10.4 Å². The van der Waals surface area contributed by atoms with Crippen LogP contribution in [-0.2, 0) is 5.33 Å². The second kappa shape index (κ2) is 6.80. The number of nitrogens with zero attached hydrogens (tertiary/aromatic N) is 2. The molecule has 0 bridgehead atoms. The van der Waals surface area contributed by atoms with Crippen LogP contribution in [0.15, 0.2) is 48.5 Å². The number of fused-ring (bicyclic) bond motifs is 1. The summed E-state index contributed by atoms with van der Waals surface area (Å²) in [7, 11) is 0. The Hall–Kier alpha value is -2.47. The molecule has 1 aromatic heterocycles. The largest absolute Gasteiger partial charge is 0.618 e. The van der Waals surface area contributed by atoms with E-state index in [1.54, 1.807) is 30.3 Å². The number of para-hydroxylation sites is 2. The molecule has 0 atom stereocenters. The minimum atomic E-state index is -0.463. The van der Waals surface area contributed by atoms with Crippen molar-refractivity contribution in [3.63, 3.8) is 0 Å². The molecule has 5 nitrogen and oxygen atoms in total. The lowest BCUT2D eigenvalue weighted by Crippen LogP contribution is -2.47. The number of benzene rings is 2. The van der Waals surface area contributed by atoms with E-state index in [1.165, 1.54) is 6.07 Å². The Labute approximate surface area is 153 Å². The van der Waals surface area contributed by atoms with Crippen LogP contribution in [0.5, 0.6) is 0 Å². The summed E-state index contributed by atoms with van der Waals surface area (Å²) in [5.74, 6) is -0.119. The number of carbonyl (C=O) groups is 1. The van der Waals surface area contributed by atoms with E-state index in [0.29, 0.717) is 20.9 Å². The van der Waals surface area contributed by atoms with E-state index in [2.05, 4.69) is 29.8 Å². The first-order valence-corrected chi connectivity index (χ1v) is 9.05. The molecule has 6 heteroatoms. The lowest BCUT2D eigenvalue weighted by molar-refractivity contribution is -0.635. The van der Waals surface area contributed by atoms with E-state index in [4.69, 9.17) is 0 Å². The quantitative estimate of drug-likeness (QED) is 0.291. The van der Waals surface area contributed by atoms with Crippen LogP contribution in [0.4, 0.5) is 0 Å². The van der Waals surface area contributed by atoms with E-state index < -0.39 is 5.78 Å². The molecule has 0 spiro atoms. The Kier molecular flexibility index (Phi) is 4.72. The van der Waals surface area contributed by atoms with Crippen molar-refractivity contribution >= 4 is 32.7 Å². The van der Waals surface area contributed by atoms with Crippen molar-refractivity contribution in [2.24, 2.45) is 0 Å². The average Bonchev–Trinajstić information content (AvgIpc) is 2.64. The average molecular weight is 401 g/mol. The van der Waals surface area contributed by atoms with Crippen LogP contribution in [0.25, 0.3) is 11.0 Å². The van der Waals surface area contributed by atoms with Crippen LogP contribution >= 0.6 is 15.9 Å². The lowest BCUT2D eigenvalue weighted by atomic mass is 9.99. The molecular weight excluding hydrogens is 384 g/mol. The highest BCUT2D eigenvalue weighted by molar-refractivity contribution is 9.08. The SMILES string of the molecule is CC(C)c1ccc(C(=O)c2c(CBr)[n+]([O-])c3ccccc3[n+]2[O-])cc1. The minimum Gasteiger partial charge on any atom is -0.618 e. The molecule has 25 heavy (non-hydrogen) atoms. The van der Waals surface area contributed by atoms with Crippen LogP contribution in [0.2, 0.25) is 0 Å². The Morgan fingerprint density at radius 1 is 1.00 bits per heavy atom. The Bertz CT molecular complexity index is 953. The third-order valence-corrected chi connectivity index (χ3v) is 4.75. The van der Waals surface area contributed by atoms with Crippen LogP contribution in [0, 0.1) is 10.4 Å². The molecule has 0 amide bonds. The van der Waals surface area contributed by atoms with Gasteiger partial charge in [-0.15, -0.1) is 0 Å². The number of ketones is 1. The Morgan fingerprint density at radius 3 is 2.08 bits per heavy atom. The first-order valence-electron chi connectivity index (χ1n) is 7.93. The molecule has 128 valence electrons. The molecular formula is C19H17BrN2O3. The van der Waals surface area contributed by atoms with Gasteiger partial charge in [-0.25, -0.2) is 0 Å². The lowest BCUT2D eigenvalue weighted by Gasteiger charge is -2.12. The highest BCUT2D eigenvalue weighted by atomic mass is 79.9. The molecule has 2 aromatic carbocycles. The van der Waals surface area contributed by atoms with Crippen molar-refractivity contribution in [1.82, 2.24) is 0 Å². The summed E-state index contributed by atoms with van der Waals surface area (Å²) in [5, 5.41) is 25.5. The van der Waals surface area contributed by atoms with Gasteiger partial charge in [0.25, 0.3) is 22.5 Å². The highest BCUT2D eigenvalue weighted by Crippen LogP contribution is 2.18. The van der Waals surface area contributed by atoms with Gasteiger partial charge in [0.2, 0.25) is 0 Å². The van der Waals surface area contributed by atoms with E-state index in [9.17, 15) is 15.2 Å². The summed E-state index contributed by atoms with van der Waals surface area (Å²) in [4.78, 5) is 12.9. The van der Waals surface area contributed by atoms with Crippen LogP contribution in [0.1, 0.15) is 47.1 Å². The summed E-state index contributed by atoms with van der Waals surface area (Å²) >= 11 is 3.23. The van der Waals surface area contributed by atoms with E-state index in [0.717, 1.165) is 5.56 Å². The highest BCUT2D eigenvalue weighted by Gasteiger charge is 2.33. The zero-order valence-corrected chi connectivity index (χ0v) is 15.5. The van der Waals surface area contributed by atoms with Gasteiger partial charge in [-0.05, 0) is 11.5 Å². The van der Waals surface area contributed by atoms with Crippen LogP contribution < -0.4 is 9.46 Å². The maximum atomic E-state index is 12.9. The van der Waals surface area contributed by atoms with Crippen molar-refractivity contribution < 1.29 is 14.3 Å². The summed E-state index contributed by atoms with van der Waals surface area (Å²) < 4.78 is 1.20. The summed E-state index contributed by atoms with van der Waals surface area (Å²) in [6, 6.07) is 13.6. The molecule has 0 aliphatic carbocycles. The molecule has 0 aliphatic rings. The molecule has 0 N–H and O–H groups in total. The van der Waals surface area contributed by atoms with Crippen molar-refractivity contribution in [3.8, 4) is 0 Å². The van der Waals surface area contributed by atoms with Gasteiger partial charge in [-0.2, -0.15) is 9.46 Å². The normalized spacial score (nSPS) is 11.2. The molecule has 0 saturated carbocycles. The number of hydrogen-bond donors (Lipinski definition) is 0. The van der Waals surface area contributed by atoms with Crippen molar-refractivity contribution in [1.29, 1.82) is 0 Å². The summed E-state index contributed by atoms with van der Waals surface area (Å²) in [6.07, 6.45) is 0. The van der Waals surface area contributed by atoms with Gasteiger partial charge in [0, 0.05) is 17.7 Å². The number of aromatic nitrogens is 2. The van der Waals surface area contributed by atoms with Crippen molar-refractivity contribution in [3.05, 3.63) is 81.5 Å². The molecule has 0 radical (unpaired) electrons. The Balaban J connectivity index is 2.20. The topological polar surface area (TPSA) is 71.0 Å². The molecule has 0 unspecified atom stereocenters. The van der Waals surface area contributed by atoms with Gasteiger partial charge in [-0.3, -0.25) is 4.79 Å². The van der Waals surface area contributed by atoms with Crippen molar-refractivity contribution in [2.45, 2.75) is 25.1 Å². The van der Waals surface area contributed by atoms with E-state index in [-0.39, 0.29) is 27.8 Å². The fourth-order valence-corrected chi connectivity index (χ4v) is 3.28. The maximum Gasteiger partial charge on any atom is 0.335 e. The fourth-order valence-electron chi connectivity index (χ4n) is 2.78. The van der Waals surface area contributed by atoms with Gasteiger partial charge >= 0.3 is 5.69 Å². The standard InChI is InChI=1S/C19H17BrN2O3/c1-12(2)13-7-9-14(10-8-13)19(23)18-17(11-20)21(24)15-5-3-4-6-16(15)22(18)25/h3-10,12H,11H2,1-2H3. The maximum absolute atomic E-state index is 12.9. The molecule has 3 rings (SSSR count). The van der Waals surface area contributed by atoms with Gasteiger partial charge in [-0.1, -0.05) is 66.2 Å². The van der Waals surface area contributed by atoms with E-state index >= 15 is 0 Å². The molecule has 0 saturated heterocycles. The Morgan fingerprint density at radius 2 is 1.56 bits per heavy atom.